The predicted octanol–water partition coefficient (Wildman–Crippen LogP) is 0.736. The zero-order chi connectivity index (χ0) is 11.8. The van der Waals surface area contributed by atoms with Gasteiger partial charge in [-0.2, -0.15) is 4.98 Å². The van der Waals surface area contributed by atoms with E-state index >= 15 is 0 Å². The molecule has 1 aliphatic carbocycles. The standard InChI is InChI=1S/C9H12BrN3O2S/c1-13-8(11-6(14)7(15)12-13)16-5-9(4-10)2-3-9/h2-5H2,1H3,(H,12,15). The molecule has 0 saturated heterocycles. The summed E-state index contributed by atoms with van der Waals surface area (Å²) in [5.74, 6) is 0.921. The molecular weight excluding hydrogens is 294 g/mol. The molecule has 0 spiro atoms. The van der Waals surface area contributed by atoms with Gasteiger partial charge in [-0.25, -0.2) is 0 Å². The molecule has 1 N–H and O–H groups in total. The van der Waals surface area contributed by atoms with E-state index in [0.717, 1.165) is 11.1 Å². The number of halogens is 1. The molecule has 0 atom stereocenters. The molecule has 2 rings (SSSR count). The minimum absolute atomic E-state index is 0.360. The van der Waals surface area contributed by atoms with Crippen LogP contribution in [0, 0.1) is 5.41 Å². The van der Waals surface area contributed by atoms with Crippen LogP contribution in [0.25, 0.3) is 0 Å². The molecule has 0 unspecified atom stereocenters. The first kappa shape index (κ1) is 11.9. The second-order valence-corrected chi connectivity index (χ2v) is 5.63. The summed E-state index contributed by atoms with van der Waals surface area (Å²) in [6, 6.07) is 0. The van der Waals surface area contributed by atoms with Crippen LogP contribution in [0.15, 0.2) is 14.7 Å². The van der Waals surface area contributed by atoms with E-state index in [1.165, 1.54) is 29.3 Å². The van der Waals surface area contributed by atoms with Gasteiger partial charge < -0.3 is 0 Å². The van der Waals surface area contributed by atoms with Crippen LogP contribution in [0.2, 0.25) is 0 Å². The fourth-order valence-electron chi connectivity index (χ4n) is 1.30. The average molecular weight is 306 g/mol. The Labute approximate surface area is 105 Å². The normalized spacial score (nSPS) is 17.4. The zero-order valence-corrected chi connectivity index (χ0v) is 11.2. The number of thioether (sulfide) groups is 1. The summed E-state index contributed by atoms with van der Waals surface area (Å²) in [5, 5.41) is 3.98. The lowest BCUT2D eigenvalue weighted by Gasteiger charge is -2.11. The maximum absolute atomic E-state index is 11.1. The zero-order valence-electron chi connectivity index (χ0n) is 8.83. The molecule has 7 heteroatoms. The maximum atomic E-state index is 11.1. The van der Waals surface area contributed by atoms with E-state index in [-0.39, 0.29) is 0 Å². The lowest BCUT2D eigenvalue weighted by Crippen LogP contribution is -2.34. The Hall–Kier alpha value is -0.560. The second kappa shape index (κ2) is 4.37. The third-order valence-corrected chi connectivity index (χ3v) is 5.27. The van der Waals surface area contributed by atoms with Crippen molar-refractivity contribution >= 4 is 27.7 Å². The van der Waals surface area contributed by atoms with Crippen molar-refractivity contribution in [3.8, 4) is 0 Å². The van der Waals surface area contributed by atoms with Crippen molar-refractivity contribution in [2.75, 3.05) is 11.1 Å². The molecule has 1 aromatic heterocycles. The van der Waals surface area contributed by atoms with E-state index in [9.17, 15) is 9.59 Å². The summed E-state index contributed by atoms with van der Waals surface area (Å²) in [7, 11) is 1.68. The highest BCUT2D eigenvalue weighted by Gasteiger charge is 2.41. The van der Waals surface area contributed by atoms with E-state index < -0.39 is 11.1 Å². The number of hydrogen-bond acceptors (Lipinski definition) is 4. The molecule has 1 heterocycles. The van der Waals surface area contributed by atoms with Crippen LogP contribution >= 0.6 is 27.7 Å². The van der Waals surface area contributed by atoms with E-state index in [1.807, 2.05) is 0 Å². The number of alkyl halides is 1. The summed E-state index contributed by atoms with van der Waals surface area (Å²) in [6.07, 6.45) is 2.42. The molecular formula is C9H12BrN3O2S. The molecule has 88 valence electrons. The molecule has 1 aliphatic rings. The van der Waals surface area contributed by atoms with Crippen LogP contribution < -0.4 is 11.1 Å². The van der Waals surface area contributed by atoms with Crippen molar-refractivity contribution in [1.82, 2.24) is 14.8 Å². The Morgan fingerprint density at radius 1 is 1.56 bits per heavy atom. The van der Waals surface area contributed by atoms with Crippen molar-refractivity contribution in [3.05, 3.63) is 20.7 Å². The van der Waals surface area contributed by atoms with E-state index in [4.69, 9.17) is 0 Å². The second-order valence-electron chi connectivity index (χ2n) is 4.12. The molecule has 0 amide bonds. The van der Waals surface area contributed by atoms with E-state index in [2.05, 4.69) is 26.0 Å². The quantitative estimate of drug-likeness (QED) is 0.506. The Morgan fingerprint density at radius 3 is 2.81 bits per heavy atom. The maximum Gasteiger partial charge on any atom is 0.339 e. The summed E-state index contributed by atoms with van der Waals surface area (Å²) < 4.78 is 1.50. The molecule has 1 fully saturated rings. The summed E-state index contributed by atoms with van der Waals surface area (Å²) in [4.78, 5) is 25.9. The largest absolute Gasteiger partial charge is 0.339 e. The number of rotatable bonds is 4. The minimum atomic E-state index is -0.718. The molecule has 0 aliphatic heterocycles. The minimum Gasteiger partial charge on any atom is -0.265 e. The highest BCUT2D eigenvalue weighted by atomic mass is 79.9. The van der Waals surface area contributed by atoms with Crippen LogP contribution in [0.4, 0.5) is 0 Å². The van der Waals surface area contributed by atoms with E-state index in [1.54, 1.807) is 7.05 Å². The van der Waals surface area contributed by atoms with Crippen LogP contribution in [-0.2, 0) is 7.05 Å². The third-order valence-electron chi connectivity index (χ3n) is 2.70. The van der Waals surface area contributed by atoms with Crippen LogP contribution in [0.5, 0.6) is 0 Å². The number of aromatic nitrogens is 3. The lowest BCUT2D eigenvalue weighted by atomic mass is 10.2. The van der Waals surface area contributed by atoms with Gasteiger partial charge in [-0.05, 0) is 18.3 Å². The molecule has 5 nitrogen and oxygen atoms in total. The van der Waals surface area contributed by atoms with Gasteiger partial charge in [0.2, 0.25) is 0 Å². The molecule has 0 radical (unpaired) electrons. The van der Waals surface area contributed by atoms with Crippen LogP contribution in [0.3, 0.4) is 0 Å². The third kappa shape index (κ3) is 2.40. The first-order chi connectivity index (χ1) is 7.56. The average Bonchev–Trinajstić information content (AvgIpc) is 3.02. The van der Waals surface area contributed by atoms with Gasteiger partial charge in [0.05, 0.1) is 0 Å². The first-order valence-electron chi connectivity index (χ1n) is 4.92. The van der Waals surface area contributed by atoms with Crippen molar-refractivity contribution in [3.63, 3.8) is 0 Å². The number of nitrogens with zero attached hydrogens (tertiary/aromatic N) is 2. The van der Waals surface area contributed by atoms with Gasteiger partial charge in [0, 0.05) is 18.1 Å². The Kier molecular flexibility index (Phi) is 3.25. The molecule has 0 aromatic carbocycles. The SMILES string of the molecule is Cn1[nH]c(=O)c(=O)nc1SCC1(CBr)CC1. The lowest BCUT2D eigenvalue weighted by molar-refractivity contribution is 0.593. The van der Waals surface area contributed by atoms with Gasteiger partial charge in [0.1, 0.15) is 0 Å². The number of aryl methyl sites for hydroxylation is 1. The molecule has 0 bridgehead atoms. The molecule has 16 heavy (non-hydrogen) atoms. The number of nitrogens with one attached hydrogen (secondary N) is 1. The fraction of sp³-hybridized carbons (Fsp3) is 0.667. The Morgan fingerprint density at radius 2 is 2.25 bits per heavy atom. The van der Waals surface area contributed by atoms with Gasteiger partial charge in [-0.15, -0.1) is 0 Å². The van der Waals surface area contributed by atoms with Crippen LogP contribution in [-0.4, -0.2) is 25.8 Å². The molecule has 1 saturated carbocycles. The van der Waals surface area contributed by atoms with Gasteiger partial charge in [0.25, 0.3) is 0 Å². The van der Waals surface area contributed by atoms with E-state index in [0.29, 0.717) is 10.6 Å². The molecule has 1 aromatic rings. The van der Waals surface area contributed by atoms with Crippen LogP contribution in [0.1, 0.15) is 12.8 Å². The Balaban J connectivity index is 2.13. The topological polar surface area (TPSA) is 67.8 Å². The summed E-state index contributed by atoms with van der Waals surface area (Å²) in [5.41, 5.74) is -1.03. The van der Waals surface area contributed by atoms with Crippen molar-refractivity contribution < 1.29 is 0 Å². The van der Waals surface area contributed by atoms with Gasteiger partial charge in [-0.3, -0.25) is 19.4 Å². The monoisotopic (exact) mass is 305 g/mol. The number of H-pyrrole nitrogens is 1. The predicted molar refractivity (Wildman–Crippen MR) is 66.3 cm³/mol. The summed E-state index contributed by atoms with van der Waals surface area (Å²) >= 11 is 5.01. The van der Waals surface area contributed by atoms with Crippen molar-refractivity contribution in [2.45, 2.75) is 18.0 Å². The van der Waals surface area contributed by atoms with Crippen molar-refractivity contribution in [2.24, 2.45) is 12.5 Å². The first-order valence-corrected chi connectivity index (χ1v) is 7.03. The van der Waals surface area contributed by atoms with Gasteiger partial charge in [-0.1, -0.05) is 27.7 Å². The summed E-state index contributed by atoms with van der Waals surface area (Å²) in [6.45, 7) is 0. The number of hydrogen-bond donors (Lipinski definition) is 1. The Bertz CT molecular complexity index is 506. The fourth-order valence-corrected chi connectivity index (χ4v) is 3.53. The highest BCUT2D eigenvalue weighted by molar-refractivity contribution is 9.09. The van der Waals surface area contributed by atoms with Crippen molar-refractivity contribution in [1.29, 1.82) is 0 Å². The number of aromatic amines is 1. The smallest absolute Gasteiger partial charge is 0.265 e. The highest BCUT2D eigenvalue weighted by Crippen LogP contribution is 2.49. The van der Waals surface area contributed by atoms with Gasteiger partial charge >= 0.3 is 11.1 Å². The van der Waals surface area contributed by atoms with Gasteiger partial charge in [0.15, 0.2) is 5.16 Å².